The first-order chi connectivity index (χ1) is 7.15. The maximum atomic E-state index is 11.1. The number of carbonyl (C=O) groups excluding carboxylic acids is 1. The molecule has 1 heterocycles. The molecular weight excluding hydrogens is 194 g/mol. The summed E-state index contributed by atoms with van der Waals surface area (Å²) >= 11 is 0. The Bertz CT molecular complexity index is 341. The Morgan fingerprint density at radius 2 is 2.47 bits per heavy atom. The maximum Gasteiger partial charge on any atom is 0.252 e. The second-order valence-electron chi connectivity index (χ2n) is 3.32. The molecule has 5 nitrogen and oxygen atoms in total. The fourth-order valence-corrected chi connectivity index (χ4v) is 1.22. The van der Waals surface area contributed by atoms with Gasteiger partial charge in [0.05, 0.1) is 5.56 Å². The van der Waals surface area contributed by atoms with E-state index < -0.39 is 5.91 Å². The summed E-state index contributed by atoms with van der Waals surface area (Å²) in [5.74, 6) is -0.0484. The maximum absolute atomic E-state index is 11.1. The van der Waals surface area contributed by atoms with Crippen molar-refractivity contribution in [1.82, 2.24) is 4.98 Å². The summed E-state index contributed by atoms with van der Waals surface area (Å²) in [5.41, 5.74) is 5.56. The van der Waals surface area contributed by atoms with Crippen molar-refractivity contribution in [3.8, 4) is 0 Å². The molecule has 0 bridgehead atoms. The van der Waals surface area contributed by atoms with Crippen LogP contribution in [0.5, 0.6) is 0 Å². The van der Waals surface area contributed by atoms with Crippen molar-refractivity contribution in [2.75, 3.05) is 11.9 Å². The molecule has 0 aliphatic heterocycles. The molecule has 5 heteroatoms. The SMILES string of the molecule is CC(CCO)Nc1ncccc1C(N)=O. The number of hydrogen-bond donors (Lipinski definition) is 3. The number of hydrogen-bond acceptors (Lipinski definition) is 4. The smallest absolute Gasteiger partial charge is 0.252 e. The van der Waals surface area contributed by atoms with Gasteiger partial charge in [-0.2, -0.15) is 0 Å². The Kier molecular flexibility index (Phi) is 4.05. The van der Waals surface area contributed by atoms with Gasteiger partial charge in [0, 0.05) is 18.8 Å². The lowest BCUT2D eigenvalue weighted by Crippen LogP contribution is -2.21. The van der Waals surface area contributed by atoms with Crippen LogP contribution in [0.25, 0.3) is 0 Å². The minimum absolute atomic E-state index is 0.0444. The van der Waals surface area contributed by atoms with Crippen LogP contribution in [0.15, 0.2) is 18.3 Å². The predicted molar refractivity (Wildman–Crippen MR) is 57.5 cm³/mol. The molecule has 1 atom stereocenters. The Morgan fingerprint density at radius 3 is 3.07 bits per heavy atom. The van der Waals surface area contributed by atoms with Gasteiger partial charge in [0.2, 0.25) is 0 Å². The van der Waals surface area contributed by atoms with Gasteiger partial charge in [-0.3, -0.25) is 4.79 Å². The van der Waals surface area contributed by atoms with Crippen molar-refractivity contribution in [3.63, 3.8) is 0 Å². The highest BCUT2D eigenvalue weighted by Gasteiger charge is 2.10. The van der Waals surface area contributed by atoms with Crippen molar-refractivity contribution in [1.29, 1.82) is 0 Å². The predicted octanol–water partition coefficient (Wildman–Crippen LogP) is 0.363. The summed E-state index contributed by atoms with van der Waals surface area (Å²) in [6.07, 6.45) is 2.18. The monoisotopic (exact) mass is 209 g/mol. The highest BCUT2D eigenvalue weighted by atomic mass is 16.3. The number of primary amides is 1. The lowest BCUT2D eigenvalue weighted by molar-refractivity contribution is 0.100. The van der Waals surface area contributed by atoms with Crippen LogP contribution >= 0.6 is 0 Å². The number of nitrogens with one attached hydrogen (secondary N) is 1. The van der Waals surface area contributed by atoms with E-state index in [4.69, 9.17) is 10.8 Å². The highest BCUT2D eigenvalue weighted by molar-refractivity contribution is 5.97. The van der Waals surface area contributed by atoms with E-state index in [1.807, 2.05) is 6.92 Å². The lowest BCUT2D eigenvalue weighted by atomic mass is 10.2. The summed E-state index contributed by atoms with van der Waals surface area (Å²) in [6, 6.07) is 3.31. The summed E-state index contributed by atoms with van der Waals surface area (Å²) in [7, 11) is 0. The minimum Gasteiger partial charge on any atom is -0.396 e. The number of anilines is 1. The van der Waals surface area contributed by atoms with Crippen molar-refractivity contribution >= 4 is 11.7 Å². The number of nitrogens with two attached hydrogens (primary N) is 1. The number of carbonyl (C=O) groups is 1. The van der Waals surface area contributed by atoms with Crippen LogP contribution in [-0.4, -0.2) is 28.6 Å². The molecule has 1 aromatic heterocycles. The molecule has 0 spiro atoms. The second-order valence-corrected chi connectivity index (χ2v) is 3.32. The van der Waals surface area contributed by atoms with E-state index in [1.165, 1.54) is 0 Å². The molecule has 82 valence electrons. The quantitative estimate of drug-likeness (QED) is 0.653. The molecule has 0 fully saturated rings. The molecule has 1 amide bonds. The molecule has 0 aromatic carbocycles. The number of aliphatic hydroxyl groups is 1. The van der Waals surface area contributed by atoms with Crippen molar-refractivity contribution in [3.05, 3.63) is 23.9 Å². The van der Waals surface area contributed by atoms with E-state index >= 15 is 0 Å². The molecule has 0 saturated carbocycles. The van der Waals surface area contributed by atoms with Crippen molar-refractivity contribution in [2.24, 2.45) is 5.73 Å². The van der Waals surface area contributed by atoms with Gasteiger partial charge in [-0.15, -0.1) is 0 Å². The number of amides is 1. The molecule has 0 saturated heterocycles. The Morgan fingerprint density at radius 1 is 1.73 bits per heavy atom. The first-order valence-electron chi connectivity index (χ1n) is 4.77. The van der Waals surface area contributed by atoms with E-state index in [0.29, 0.717) is 17.8 Å². The Hall–Kier alpha value is -1.62. The summed E-state index contributed by atoms with van der Waals surface area (Å²) < 4.78 is 0. The number of rotatable bonds is 5. The lowest BCUT2D eigenvalue weighted by Gasteiger charge is -2.14. The average Bonchev–Trinajstić information content (AvgIpc) is 2.18. The third-order valence-electron chi connectivity index (χ3n) is 2.02. The van der Waals surface area contributed by atoms with Crippen LogP contribution in [0.1, 0.15) is 23.7 Å². The van der Waals surface area contributed by atoms with Crippen LogP contribution < -0.4 is 11.1 Å². The van der Waals surface area contributed by atoms with Gasteiger partial charge in [0.25, 0.3) is 5.91 Å². The first-order valence-corrected chi connectivity index (χ1v) is 4.77. The molecular formula is C10H15N3O2. The fraction of sp³-hybridized carbons (Fsp3) is 0.400. The van der Waals surface area contributed by atoms with E-state index in [-0.39, 0.29) is 12.6 Å². The summed E-state index contributed by atoms with van der Waals surface area (Å²) in [6.45, 7) is 1.99. The Balaban J connectivity index is 2.79. The third-order valence-corrected chi connectivity index (χ3v) is 2.02. The Labute approximate surface area is 88.3 Å². The van der Waals surface area contributed by atoms with Crippen molar-refractivity contribution in [2.45, 2.75) is 19.4 Å². The van der Waals surface area contributed by atoms with Gasteiger partial charge in [-0.1, -0.05) is 0 Å². The van der Waals surface area contributed by atoms with Gasteiger partial charge in [0.1, 0.15) is 5.82 Å². The van der Waals surface area contributed by atoms with Crippen LogP contribution in [0.3, 0.4) is 0 Å². The van der Waals surface area contributed by atoms with Gasteiger partial charge in [-0.25, -0.2) is 4.98 Å². The fourth-order valence-electron chi connectivity index (χ4n) is 1.22. The molecule has 1 aromatic rings. The average molecular weight is 209 g/mol. The molecule has 15 heavy (non-hydrogen) atoms. The van der Waals surface area contributed by atoms with Gasteiger partial charge < -0.3 is 16.2 Å². The van der Waals surface area contributed by atoms with E-state index in [9.17, 15) is 4.79 Å². The third kappa shape index (κ3) is 3.21. The van der Waals surface area contributed by atoms with E-state index in [1.54, 1.807) is 18.3 Å². The molecule has 0 aliphatic carbocycles. The van der Waals surface area contributed by atoms with Crippen LogP contribution in [-0.2, 0) is 0 Å². The second kappa shape index (κ2) is 5.31. The molecule has 1 unspecified atom stereocenters. The number of aromatic nitrogens is 1. The van der Waals surface area contributed by atoms with Crippen LogP contribution in [0, 0.1) is 0 Å². The minimum atomic E-state index is -0.512. The molecule has 0 radical (unpaired) electrons. The van der Waals surface area contributed by atoms with E-state index in [0.717, 1.165) is 0 Å². The standard InChI is InChI=1S/C10H15N3O2/c1-7(4-6-14)13-10-8(9(11)15)3-2-5-12-10/h2-3,5,7,14H,4,6H2,1H3,(H2,11,15)(H,12,13). The van der Waals surface area contributed by atoms with Gasteiger partial charge >= 0.3 is 0 Å². The van der Waals surface area contributed by atoms with Crippen LogP contribution in [0.4, 0.5) is 5.82 Å². The zero-order valence-electron chi connectivity index (χ0n) is 8.60. The summed E-state index contributed by atoms with van der Waals surface area (Å²) in [4.78, 5) is 15.1. The van der Waals surface area contributed by atoms with Gasteiger partial charge in [-0.05, 0) is 25.5 Å². The normalized spacial score (nSPS) is 12.1. The van der Waals surface area contributed by atoms with E-state index in [2.05, 4.69) is 10.3 Å². The number of pyridine rings is 1. The highest BCUT2D eigenvalue weighted by Crippen LogP contribution is 2.12. The van der Waals surface area contributed by atoms with Crippen LogP contribution in [0.2, 0.25) is 0 Å². The zero-order chi connectivity index (χ0) is 11.3. The molecule has 4 N–H and O–H groups in total. The molecule has 1 rings (SSSR count). The van der Waals surface area contributed by atoms with Crippen molar-refractivity contribution < 1.29 is 9.90 Å². The first kappa shape index (κ1) is 11.5. The topological polar surface area (TPSA) is 88.2 Å². The summed E-state index contributed by atoms with van der Waals surface area (Å²) in [5, 5.41) is 11.8. The zero-order valence-corrected chi connectivity index (χ0v) is 8.60. The van der Waals surface area contributed by atoms with Gasteiger partial charge in [0.15, 0.2) is 0 Å². The number of nitrogens with zero attached hydrogens (tertiary/aromatic N) is 1. The number of aliphatic hydroxyl groups excluding tert-OH is 1. The molecule has 0 aliphatic rings. The largest absolute Gasteiger partial charge is 0.396 e.